The van der Waals surface area contributed by atoms with Crippen LogP contribution in [0.2, 0.25) is 10.0 Å². The van der Waals surface area contributed by atoms with Gasteiger partial charge >= 0.3 is 5.97 Å². The summed E-state index contributed by atoms with van der Waals surface area (Å²) in [5, 5.41) is 19.9. The minimum Gasteiger partial charge on any atom is -0.493 e. The Balaban J connectivity index is 1.81. The van der Waals surface area contributed by atoms with Crippen LogP contribution in [0.4, 0.5) is 0 Å². The second-order valence-electron chi connectivity index (χ2n) is 6.91. The van der Waals surface area contributed by atoms with Crippen LogP contribution in [-0.4, -0.2) is 34.3 Å². The summed E-state index contributed by atoms with van der Waals surface area (Å²) in [6.45, 7) is 0.366. The number of carboxylic acid groups (broad SMARTS) is 1. The lowest BCUT2D eigenvalue weighted by Crippen LogP contribution is -2.27. The van der Waals surface area contributed by atoms with E-state index in [1.54, 1.807) is 18.2 Å². The zero-order valence-corrected chi connectivity index (χ0v) is 16.8. The molecule has 1 aromatic carbocycles. The molecule has 0 amide bonds. The normalized spacial score (nSPS) is 25.4. The highest BCUT2D eigenvalue weighted by molar-refractivity contribution is 6.34. The highest BCUT2D eigenvalue weighted by atomic mass is 35.5. The van der Waals surface area contributed by atoms with Crippen molar-refractivity contribution in [2.45, 2.75) is 56.4 Å². The molecule has 0 aliphatic heterocycles. The lowest BCUT2D eigenvalue weighted by molar-refractivity contribution is -0.137. The van der Waals surface area contributed by atoms with Gasteiger partial charge in [0.25, 0.3) is 0 Å². The van der Waals surface area contributed by atoms with Crippen molar-refractivity contribution < 1.29 is 19.7 Å². The number of unbranched alkanes of at least 4 members (excludes halogenated alkanes) is 3. The predicted octanol–water partition coefficient (Wildman–Crippen LogP) is 5.40. The number of ether oxygens (including phenoxy) is 1. The third-order valence-electron chi connectivity index (χ3n) is 4.93. The molecule has 26 heavy (non-hydrogen) atoms. The van der Waals surface area contributed by atoms with Gasteiger partial charge in [-0.05, 0) is 43.4 Å². The molecule has 4 nitrogen and oxygen atoms in total. The molecule has 0 unspecified atom stereocenters. The molecule has 0 radical (unpaired) electrons. The standard InChI is InChI=1S/C19H25Cl3O4/c20-12-7-13(21)9-14(8-12)26-11-16-15(17(22)10-18(16)23)5-3-1-2-4-6-19(24)25/h7-9,15-18,23H,1-6,10-11H2,(H,24,25)/t15-,16-,17-,18-/m1/s1. The largest absolute Gasteiger partial charge is 0.493 e. The van der Waals surface area contributed by atoms with Gasteiger partial charge in [-0.2, -0.15) is 0 Å². The van der Waals surface area contributed by atoms with Crippen molar-refractivity contribution >= 4 is 40.8 Å². The van der Waals surface area contributed by atoms with E-state index in [1.807, 2.05) is 0 Å². The minimum atomic E-state index is -0.747. The number of hydrogen-bond donors (Lipinski definition) is 2. The Morgan fingerprint density at radius 1 is 1.08 bits per heavy atom. The summed E-state index contributed by atoms with van der Waals surface area (Å²) in [6, 6.07) is 5.04. The van der Waals surface area contributed by atoms with Crippen molar-refractivity contribution in [2.75, 3.05) is 6.61 Å². The summed E-state index contributed by atoms with van der Waals surface area (Å²) in [5.74, 6) is -0.0155. The monoisotopic (exact) mass is 422 g/mol. The SMILES string of the molecule is O=C(O)CCCCCC[C@@H]1[C@@H](COc2cc(Cl)cc(Cl)c2)[C@H](O)C[C@H]1Cl. The van der Waals surface area contributed by atoms with Crippen LogP contribution in [0.1, 0.15) is 44.9 Å². The van der Waals surface area contributed by atoms with E-state index in [9.17, 15) is 9.90 Å². The summed E-state index contributed by atoms with van der Waals surface area (Å²) in [5.41, 5.74) is 0. The second kappa shape index (κ2) is 10.6. The van der Waals surface area contributed by atoms with Gasteiger partial charge in [0, 0.05) is 27.8 Å². The van der Waals surface area contributed by atoms with Crippen molar-refractivity contribution in [3.8, 4) is 5.75 Å². The first kappa shape index (κ1) is 21.6. The van der Waals surface area contributed by atoms with Gasteiger partial charge in [0.15, 0.2) is 0 Å². The number of benzene rings is 1. The van der Waals surface area contributed by atoms with E-state index in [0.717, 1.165) is 25.7 Å². The molecule has 2 rings (SSSR count). The number of aliphatic hydroxyl groups is 1. The van der Waals surface area contributed by atoms with Gasteiger partial charge in [-0.25, -0.2) is 0 Å². The molecule has 7 heteroatoms. The van der Waals surface area contributed by atoms with E-state index < -0.39 is 12.1 Å². The fraction of sp³-hybridized carbons (Fsp3) is 0.632. The first-order valence-electron chi connectivity index (χ1n) is 8.99. The molecule has 0 bridgehead atoms. The number of hydrogen-bond acceptors (Lipinski definition) is 3. The lowest BCUT2D eigenvalue weighted by atomic mass is 9.90. The van der Waals surface area contributed by atoms with Crippen LogP contribution in [0.3, 0.4) is 0 Å². The van der Waals surface area contributed by atoms with E-state index in [0.29, 0.717) is 35.2 Å². The van der Waals surface area contributed by atoms with Crippen LogP contribution in [0.15, 0.2) is 18.2 Å². The zero-order chi connectivity index (χ0) is 19.1. The number of aliphatic hydroxyl groups excluding tert-OH is 1. The van der Waals surface area contributed by atoms with E-state index in [-0.39, 0.29) is 23.6 Å². The number of carboxylic acids is 1. The van der Waals surface area contributed by atoms with Gasteiger partial charge in [-0.1, -0.05) is 42.5 Å². The summed E-state index contributed by atoms with van der Waals surface area (Å²) in [4.78, 5) is 10.5. The predicted molar refractivity (Wildman–Crippen MR) is 105 cm³/mol. The topological polar surface area (TPSA) is 66.8 Å². The maximum absolute atomic E-state index is 10.5. The molecule has 2 N–H and O–H groups in total. The van der Waals surface area contributed by atoms with Gasteiger partial charge in [-0.15, -0.1) is 11.6 Å². The molecule has 1 aromatic rings. The van der Waals surface area contributed by atoms with Crippen LogP contribution in [0, 0.1) is 11.8 Å². The third kappa shape index (κ3) is 6.80. The Morgan fingerprint density at radius 3 is 2.38 bits per heavy atom. The highest BCUT2D eigenvalue weighted by Gasteiger charge is 2.41. The van der Waals surface area contributed by atoms with Crippen molar-refractivity contribution in [2.24, 2.45) is 11.8 Å². The first-order valence-corrected chi connectivity index (χ1v) is 10.2. The maximum atomic E-state index is 10.5. The van der Waals surface area contributed by atoms with Crippen LogP contribution in [0.5, 0.6) is 5.75 Å². The van der Waals surface area contributed by atoms with Crippen molar-refractivity contribution in [3.63, 3.8) is 0 Å². The number of alkyl halides is 1. The smallest absolute Gasteiger partial charge is 0.303 e. The van der Waals surface area contributed by atoms with Crippen molar-refractivity contribution in [1.82, 2.24) is 0 Å². The van der Waals surface area contributed by atoms with E-state index in [2.05, 4.69) is 0 Å². The number of halogens is 3. The first-order chi connectivity index (χ1) is 12.4. The summed E-state index contributed by atoms with van der Waals surface area (Å²) in [6.07, 6.45) is 4.76. The summed E-state index contributed by atoms with van der Waals surface area (Å²) >= 11 is 18.4. The molecule has 1 aliphatic rings. The van der Waals surface area contributed by atoms with Crippen molar-refractivity contribution in [3.05, 3.63) is 28.2 Å². The minimum absolute atomic E-state index is 0.0331. The molecule has 0 heterocycles. The van der Waals surface area contributed by atoms with Gasteiger partial charge in [-0.3, -0.25) is 4.79 Å². The van der Waals surface area contributed by atoms with Crippen molar-refractivity contribution in [1.29, 1.82) is 0 Å². The van der Waals surface area contributed by atoms with Crippen LogP contribution >= 0.6 is 34.8 Å². The highest BCUT2D eigenvalue weighted by Crippen LogP contribution is 2.40. The maximum Gasteiger partial charge on any atom is 0.303 e. The third-order valence-corrected chi connectivity index (χ3v) is 5.87. The molecule has 1 fully saturated rings. The van der Waals surface area contributed by atoms with E-state index >= 15 is 0 Å². The van der Waals surface area contributed by atoms with Gasteiger partial charge < -0.3 is 14.9 Å². The van der Waals surface area contributed by atoms with Gasteiger partial charge in [0.1, 0.15) is 5.75 Å². The summed E-state index contributed by atoms with van der Waals surface area (Å²) in [7, 11) is 0. The molecule has 0 spiro atoms. The zero-order valence-electron chi connectivity index (χ0n) is 14.5. The van der Waals surface area contributed by atoms with E-state index in [1.165, 1.54) is 0 Å². The van der Waals surface area contributed by atoms with Gasteiger partial charge in [0.05, 0.1) is 12.7 Å². The Bertz CT molecular complexity index is 576. The fourth-order valence-corrected chi connectivity index (χ4v) is 4.58. The number of rotatable bonds is 10. The van der Waals surface area contributed by atoms with Crippen LogP contribution in [-0.2, 0) is 4.79 Å². The quantitative estimate of drug-likeness (QED) is 0.390. The molecule has 1 aliphatic carbocycles. The molecule has 1 saturated carbocycles. The van der Waals surface area contributed by atoms with Crippen LogP contribution < -0.4 is 4.74 Å². The van der Waals surface area contributed by atoms with Crippen LogP contribution in [0.25, 0.3) is 0 Å². The molecular weight excluding hydrogens is 399 g/mol. The Labute approximate surface area is 169 Å². The Kier molecular flexibility index (Phi) is 8.82. The average Bonchev–Trinajstić information content (AvgIpc) is 2.81. The lowest BCUT2D eigenvalue weighted by Gasteiger charge is -2.23. The number of carbonyl (C=O) groups is 1. The van der Waals surface area contributed by atoms with E-state index in [4.69, 9.17) is 44.6 Å². The molecular formula is C19H25Cl3O4. The molecule has 4 atom stereocenters. The average molecular weight is 424 g/mol. The second-order valence-corrected chi connectivity index (χ2v) is 8.34. The fourth-order valence-electron chi connectivity index (χ4n) is 3.58. The molecule has 0 saturated heterocycles. The Morgan fingerprint density at radius 2 is 1.73 bits per heavy atom. The summed E-state index contributed by atoms with van der Waals surface area (Å²) < 4.78 is 5.82. The Hall–Kier alpha value is -0.680. The van der Waals surface area contributed by atoms with Gasteiger partial charge in [0.2, 0.25) is 0 Å². The molecule has 146 valence electrons. The number of aliphatic carboxylic acids is 1. The molecule has 0 aromatic heterocycles.